The van der Waals surface area contributed by atoms with Gasteiger partial charge in [0.15, 0.2) is 0 Å². The molecule has 3 atom stereocenters. The number of amides is 2. The van der Waals surface area contributed by atoms with Gasteiger partial charge in [0, 0.05) is 0 Å². The van der Waals surface area contributed by atoms with E-state index in [0.29, 0.717) is 12.8 Å². The molecule has 2 aliphatic carbocycles. The van der Waals surface area contributed by atoms with E-state index in [4.69, 9.17) is 0 Å². The molecule has 3 rings (SSSR count). The van der Waals surface area contributed by atoms with Crippen LogP contribution < -0.4 is 0 Å². The van der Waals surface area contributed by atoms with Gasteiger partial charge in [0.05, 0.1) is 11.8 Å². The van der Waals surface area contributed by atoms with Crippen molar-refractivity contribution in [3.05, 3.63) is 12.2 Å². The highest BCUT2D eigenvalue weighted by Gasteiger charge is 2.54. The minimum absolute atomic E-state index is 0.0384. The number of carbonyl (C=O) groups is 3. The van der Waals surface area contributed by atoms with E-state index < -0.39 is 12.0 Å². The topological polar surface area (TPSA) is 74.7 Å². The van der Waals surface area contributed by atoms with Crippen LogP contribution in [0.2, 0.25) is 0 Å². The molecule has 18 heavy (non-hydrogen) atoms. The SMILES string of the molecule is O=C(O)C(C1CC1)N1C(=O)C2CC=CCC2C1=O. The Hall–Kier alpha value is -1.65. The van der Waals surface area contributed by atoms with Gasteiger partial charge in [0.1, 0.15) is 6.04 Å². The number of carboxylic acids is 1. The third-order valence-corrected chi connectivity index (χ3v) is 4.14. The highest BCUT2D eigenvalue weighted by molar-refractivity contribution is 6.08. The number of carboxylic acid groups (broad SMARTS) is 1. The fraction of sp³-hybridized carbons (Fsp3) is 0.615. The fourth-order valence-electron chi connectivity index (χ4n) is 3.03. The molecule has 2 fully saturated rings. The molecule has 1 aliphatic heterocycles. The lowest BCUT2D eigenvalue weighted by Gasteiger charge is -2.22. The second kappa shape index (κ2) is 3.93. The number of hydrogen-bond acceptors (Lipinski definition) is 3. The van der Waals surface area contributed by atoms with E-state index in [1.165, 1.54) is 0 Å². The monoisotopic (exact) mass is 249 g/mol. The number of aliphatic carboxylic acids is 1. The quantitative estimate of drug-likeness (QED) is 0.593. The summed E-state index contributed by atoms with van der Waals surface area (Å²) >= 11 is 0. The summed E-state index contributed by atoms with van der Waals surface area (Å²) in [4.78, 5) is 36.8. The van der Waals surface area contributed by atoms with Gasteiger partial charge in [-0.15, -0.1) is 0 Å². The molecule has 5 heteroatoms. The fourth-order valence-corrected chi connectivity index (χ4v) is 3.03. The van der Waals surface area contributed by atoms with Gasteiger partial charge in [-0.3, -0.25) is 14.5 Å². The summed E-state index contributed by atoms with van der Waals surface area (Å²) in [5, 5.41) is 9.25. The van der Waals surface area contributed by atoms with E-state index in [9.17, 15) is 19.5 Å². The van der Waals surface area contributed by atoms with E-state index >= 15 is 0 Å². The lowest BCUT2D eigenvalue weighted by molar-refractivity contribution is -0.156. The summed E-state index contributed by atoms with van der Waals surface area (Å²) in [5.74, 6) is -2.32. The molecule has 5 nitrogen and oxygen atoms in total. The van der Waals surface area contributed by atoms with E-state index in [-0.39, 0.29) is 29.6 Å². The molecule has 1 N–H and O–H groups in total. The zero-order chi connectivity index (χ0) is 12.9. The van der Waals surface area contributed by atoms with Crippen molar-refractivity contribution in [2.45, 2.75) is 31.7 Å². The molecular formula is C13H15NO4. The van der Waals surface area contributed by atoms with Gasteiger partial charge < -0.3 is 5.11 Å². The van der Waals surface area contributed by atoms with E-state index in [0.717, 1.165) is 17.7 Å². The van der Waals surface area contributed by atoms with Gasteiger partial charge in [-0.2, -0.15) is 0 Å². The third-order valence-electron chi connectivity index (χ3n) is 4.14. The van der Waals surface area contributed by atoms with Crippen LogP contribution in [0.4, 0.5) is 0 Å². The molecule has 96 valence electrons. The molecule has 0 aromatic carbocycles. The lowest BCUT2D eigenvalue weighted by atomic mass is 9.85. The Balaban J connectivity index is 1.90. The van der Waals surface area contributed by atoms with Crippen LogP contribution in [-0.4, -0.2) is 33.8 Å². The van der Waals surface area contributed by atoms with Crippen molar-refractivity contribution in [1.82, 2.24) is 4.90 Å². The molecule has 0 radical (unpaired) electrons. The molecule has 0 spiro atoms. The van der Waals surface area contributed by atoms with Crippen LogP contribution in [0.1, 0.15) is 25.7 Å². The van der Waals surface area contributed by atoms with Crippen LogP contribution in [0, 0.1) is 17.8 Å². The van der Waals surface area contributed by atoms with Gasteiger partial charge in [0.2, 0.25) is 11.8 Å². The second-order valence-corrected chi connectivity index (χ2v) is 5.32. The summed E-state index contributed by atoms with van der Waals surface area (Å²) in [5.41, 5.74) is 0. The first-order chi connectivity index (χ1) is 8.61. The number of likely N-dealkylation sites (tertiary alicyclic amines) is 1. The summed E-state index contributed by atoms with van der Waals surface area (Å²) in [6, 6.07) is -0.935. The molecule has 0 aromatic heterocycles. The van der Waals surface area contributed by atoms with E-state index in [1.54, 1.807) is 0 Å². The maximum absolute atomic E-state index is 12.2. The Bertz CT molecular complexity index is 426. The highest BCUT2D eigenvalue weighted by Crippen LogP contribution is 2.42. The third kappa shape index (κ3) is 1.57. The first-order valence-corrected chi connectivity index (χ1v) is 6.36. The summed E-state index contributed by atoms with van der Waals surface area (Å²) < 4.78 is 0. The summed E-state index contributed by atoms with van der Waals surface area (Å²) in [6.45, 7) is 0. The first kappa shape index (κ1) is 11.4. The van der Waals surface area contributed by atoms with Crippen LogP contribution >= 0.6 is 0 Å². The number of carbonyl (C=O) groups excluding carboxylic acids is 2. The van der Waals surface area contributed by atoms with Gasteiger partial charge in [-0.1, -0.05) is 12.2 Å². The van der Waals surface area contributed by atoms with Crippen molar-refractivity contribution in [2.75, 3.05) is 0 Å². The predicted octanol–water partition coefficient (Wildman–Crippen LogP) is 0.801. The zero-order valence-electron chi connectivity index (χ0n) is 9.91. The van der Waals surface area contributed by atoms with Crippen LogP contribution in [0.15, 0.2) is 12.2 Å². The maximum atomic E-state index is 12.2. The van der Waals surface area contributed by atoms with Gasteiger partial charge in [-0.25, -0.2) is 4.79 Å². The number of rotatable bonds is 3. The highest BCUT2D eigenvalue weighted by atomic mass is 16.4. The smallest absolute Gasteiger partial charge is 0.327 e. The molecule has 1 saturated carbocycles. The van der Waals surface area contributed by atoms with Crippen molar-refractivity contribution in [3.63, 3.8) is 0 Å². The van der Waals surface area contributed by atoms with E-state index in [2.05, 4.69) is 0 Å². The van der Waals surface area contributed by atoms with Crippen LogP contribution in [0.5, 0.6) is 0 Å². The minimum Gasteiger partial charge on any atom is -0.480 e. The lowest BCUT2D eigenvalue weighted by Crippen LogP contribution is -2.46. The molecule has 0 aromatic rings. The molecule has 1 saturated heterocycles. The average Bonchev–Trinajstić information content (AvgIpc) is 3.14. The van der Waals surface area contributed by atoms with E-state index in [1.807, 2.05) is 12.2 Å². The molecule has 0 bridgehead atoms. The van der Waals surface area contributed by atoms with Gasteiger partial charge in [0.25, 0.3) is 0 Å². The standard InChI is InChI=1S/C13H15NO4/c15-11-8-3-1-2-4-9(8)12(16)14(11)10(13(17)18)7-5-6-7/h1-2,7-10H,3-6H2,(H,17,18). The molecular weight excluding hydrogens is 234 g/mol. The maximum Gasteiger partial charge on any atom is 0.327 e. The van der Waals surface area contributed by atoms with Crippen molar-refractivity contribution in [2.24, 2.45) is 17.8 Å². The Morgan fingerprint density at radius 1 is 1.17 bits per heavy atom. The molecule has 1 heterocycles. The molecule has 3 unspecified atom stereocenters. The Kier molecular flexibility index (Phi) is 2.50. The predicted molar refractivity (Wildman–Crippen MR) is 61.4 cm³/mol. The van der Waals surface area contributed by atoms with Gasteiger partial charge in [-0.05, 0) is 31.6 Å². The van der Waals surface area contributed by atoms with Crippen molar-refractivity contribution < 1.29 is 19.5 Å². The largest absolute Gasteiger partial charge is 0.480 e. The molecule has 2 amide bonds. The summed E-state index contributed by atoms with van der Waals surface area (Å²) in [6.07, 6.45) is 6.51. The minimum atomic E-state index is -1.05. The Morgan fingerprint density at radius 3 is 2.06 bits per heavy atom. The number of hydrogen-bond donors (Lipinski definition) is 1. The number of fused-ring (bicyclic) bond motifs is 1. The average molecular weight is 249 g/mol. The van der Waals surface area contributed by atoms with Crippen molar-refractivity contribution in [1.29, 1.82) is 0 Å². The molecule has 3 aliphatic rings. The van der Waals surface area contributed by atoms with Crippen molar-refractivity contribution >= 4 is 17.8 Å². The Morgan fingerprint density at radius 2 is 1.67 bits per heavy atom. The summed E-state index contributed by atoms with van der Waals surface area (Å²) in [7, 11) is 0. The van der Waals surface area contributed by atoms with Gasteiger partial charge >= 0.3 is 5.97 Å². The zero-order valence-corrected chi connectivity index (χ0v) is 9.91. The first-order valence-electron chi connectivity index (χ1n) is 6.36. The Labute approximate surface area is 104 Å². The number of nitrogens with zero attached hydrogens (tertiary/aromatic N) is 1. The number of imide groups is 1. The van der Waals surface area contributed by atoms with Crippen molar-refractivity contribution in [3.8, 4) is 0 Å². The second-order valence-electron chi connectivity index (χ2n) is 5.32. The normalized spacial score (nSPS) is 32.6. The number of allylic oxidation sites excluding steroid dienone is 2. The van der Waals surface area contributed by atoms with Crippen LogP contribution in [0.25, 0.3) is 0 Å². The van der Waals surface area contributed by atoms with Crippen LogP contribution in [0.3, 0.4) is 0 Å². The van der Waals surface area contributed by atoms with Crippen LogP contribution in [-0.2, 0) is 14.4 Å².